The molecule has 6 nitrogen and oxygen atoms in total. The standard InChI is InChI=1S/C8H14N2O4S/c1-3-4-6-9-15(13,14)10(2)7-5-8(11)12/h9H,5-7H2,1-2H3,(H,11,12). The Labute approximate surface area is 89.5 Å². The molecule has 0 aliphatic heterocycles. The van der Waals surface area contributed by atoms with Crippen LogP contribution < -0.4 is 4.72 Å². The molecule has 0 rings (SSSR count). The Morgan fingerprint density at radius 3 is 2.60 bits per heavy atom. The van der Waals surface area contributed by atoms with Crippen LogP contribution in [0.3, 0.4) is 0 Å². The normalized spacial score (nSPS) is 10.9. The van der Waals surface area contributed by atoms with Crippen molar-refractivity contribution in [3.63, 3.8) is 0 Å². The molecule has 0 aliphatic rings. The molecular weight excluding hydrogens is 220 g/mol. The summed E-state index contributed by atoms with van der Waals surface area (Å²) in [5, 5.41) is 8.38. The second kappa shape index (κ2) is 6.40. The highest BCUT2D eigenvalue weighted by Gasteiger charge is 2.16. The highest BCUT2D eigenvalue weighted by molar-refractivity contribution is 7.87. The van der Waals surface area contributed by atoms with E-state index in [1.54, 1.807) is 6.92 Å². The number of nitrogens with zero attached hydrogens (tertiary/aromatic N) is 1. The zero-order chi connectivity index (χ0) is 11.9. The number of nitrogens with one attached hydrogen (secondary N) is 1. The predicted octanol–water partition coefficient (Wildman–Crippen LogP) is -0.749. The van der Waals surface area contributed by atoms with E-state index >= 15 is 0 Å². The summed E-state index contributed by atoms with van der Waals surface area (Å²) >= 11 is 0. The van der Waals surface area contributed by atoms with E-state index in [0.717, 1.165) is 4.31 Å². The van der Waals surface area contributed by atoms with E-state index in [2.05, 4.69) is 16.6 Å². The van der Waals surface area contributed by atoms with Crippen molar-refractivity contribution < 1.29 is 18.3 Å². The predicted molar refractivity (Wildman–Crippen MR) is 55.3 cm³/mol. The van der Waals surface area contributed by atoms with Crippen molar-refractivity contribution in [2.75, 3.05) is 20.1 Å². The molecule has 0 heterocycles. The van der Waals surface area contributed by atoms with Crippen LogP contribution >= 0.6 is 0 Å². The van der Waals surface area contributed by atoms with Crippen LogP contribution in [0.4, 0.5) is 0 Å². The Kier molecular flexibility index (Phi) is 5.93. The van der Waals surface area contributed by atoms with E-state index in [0.29, 0.717) is 0 Å². The molecule has 0 atom stereocenters. The van der Waals surface area contributed by atoms with Crippen LogP contribution in [-0.2, 0) is 15.0 Å². The second-order valence-electron chi connectivity index (χ2n) is 2.72. The summed E-state index contributed by atoms with van der Waals surface area (Å²) in [5.41, 5.74) is 0. The summed E-state index contributed by atoms with van der Waals surface area (Å²) < 4.78 is 25.9. The van der Waals surface area contributed by atoms with Gasteiger partial charge in [-0.1, -0.05) is 5.92 Å². The molecule has 15 heavy (non-hydrogen) atoms. The molecule has 0 aromatic rings. The largest absolute Gasteiger partial charge is 0.481 e. The third kappa shape index (κ3) is 6.06. The van der Waals surface area contributed by atoms with Crippen molar-refractivity contribution >= 4 is 16.2 Å². The summed E-state index contributed by atoms with van der Waals surface area (Å²) in [6.07, 6.45) is -0.225. The van der Waals surface area contributed by atoms with Gasteiger partial charge in [-0.15, -0.1) is 5.92 Å². The van der Waals surface area contributed by atoms with Crippen molar-refractivity contribution in [1.82, 2.24) is 9.03 Å². The zero-order valence-corrected chi connectivity index (χ0v) is 9.47. The van der Waals surface area contributed by atoms with Gasteiger partial charge in [-0.05, 0) is 6.92 Å². The van der Waals surface area contributed by atoms with Crippen LogP contribution in [0.1, 0.15) is 13.3 Å². The summed E-state index contributed by atoms with van der Waals surface area (Å²) in [4.78, 5) is 10.2. The van der Waals surface area contributed by atoms with Crippen molar-refractivity contribution in [1.29, 1.82) is 0 Å². The first-order chi connectivity index (χ1) is 6.90. The molecule has 0 aromatic carbocycles. The molecular formula is C8H14N2O4S. The molecule has 0 radical (unpaired) electrons. The van der Waals surface area contributed by atoms with Gasteiger partial charge in [0.15, 0.2) is 0 Å². The average Bonchev–Trinajstić information content (AvgIpc) is 2.14. The number of rotatable bonds is 6. The third-order valence-corrected chi connectivity index (χ3v) is 3.08. The Balaban J connectivity index is 4.18. The number of hydrogen-bond acceptors (Lipinski definition) is 3. The van der Waals surface area contributed by atoms with Crippen LogP contribution in [0, 0.1) is 11.8 Å². The monoisotopic (exact) mass is 234 g/mol. The highest BCUT2D eigenvalue weighted by atomic mass is 32.2. The first kappa shape index (κ1) is 13.9. The maximum atomic E-state index is 11.4. The minimum absolute atomic E-state index is 0.0241. The lowest BCUT2D eigenvalue weighted by Gasteiger charge is -2.15. The molecule has 0 aromatic heterocycles. The van der Waals surface area contributed by atoms with Crippen molar-refractivity contribution in [3.05, 3.63) is 0 Å². The molecule has 0 spiro atoms. The van der Waals surface area contributed by atoms with Crippen molar-refractivity contribution in [3.8, 4) is 11.8 Å². The Morgan fingerprint density at radius 2 is 2.13 bits per heavy atom. The maximum absolute atomic E-state index is 11.4. The fourth-order valence-corrected chi connectivity index (χ4v) is 1.51. The van der Waals surface area contributed by atoms with Crippen molar-refractivity contribution in [2.24, 2.45) is 0 Å². The van der Waals surface area contributed by atoms with Gasteiger partial charge in [0.25, 0.3) is 10.2 Å². The molecule has 0 saturated heterocycles. The van der Waals surface area contributed by atoms with Gasteiger partial charge >= 0.3 is 5.97 Å². The van der Waals surface area contributed by atoms with Crippen LogP contribution in [0.25, 0.3) is 0 Å². The quantitative estimate of drug-likeness (QED) is 0.592. The van der Waals surface area contributed by atoms with Gasteiger partial charge in [0.1, 0.15) is 0 Å². The number of aliphatic carboxylic acids is 1. The number of hydrogen-bond donors (Lipinski definition) is 2. The van der Waals surface area contributed by atoms with E-state index in [4.69, 9.17) is 5.11 Å². The Bertz CT molecular complexity index is 366. The van der Waals surface area contributed by atoms with Crippen LogP contribution in [0.2, 0.25) is 0 Å². The highest BCUT2D eigenvalue weighted by Crippen LogP contribution is 1.95. The molecule has 0 bridgehead atoms. The van der Waals surface area contributed by atoms with Gasteiger partial charge in [-0.2, -0.15) is 17.4 Å². The Hall–Kier alpha value is -1.10. The minimum Gasteiger partial charge on any atom is -0.481 e. The molecule has 0 aliphatic carbocycles. The molecule has 2 N–H and O–H groups in total. The van der Waals surface area contributed by atoms with Gasteiger partial charge < -0.3 is 5.11 Å². The lowest BCUT2D eigenvalue weighted by atomic mass is 10.4. The van der Waals surface area contributed by atoms with E-state index in [1.165, 1.54) is 7.05 Å². The molecule has 0 amide bonds. The van der Waals surface area contributed by atoms with Crippen molar-refractivity contribution in [2.45, 2.75) is 13.3 Å². The average molecular weight is 234 g/mol. The van der Waals surface area contributed by atoms with Crippen LogP contribution in [-0.4, -0.2) is 43.9 Å². The maximum Gasteiger partial charge on any atom is 0.304 e. The van der Waals surface area contributed by atoms with E-state index < -0.39 is 16.2 Å². The van der Waals surface area contributed by atoms with Gasteiger partial charge in [0.2, 0.25) is 0 Å². The van der Waals surface area contributed by atoms with Gasteiger partial charge in [-0.3, -0.25) is 4.79 Å². The van der Waals surface area contributed by atoms with E-state index in [1.807, 2.05) is 0 Å². The molecule has 0 unspecified atom stereocenters. The fourth-order valence-electron chi connectivity index (χ4n) is 0.699. The Morgan fingerprint density at radius 1 is 1.53 bits per heavy atom. The minimum atomic E-state index is -3.61. The van der Waals surface area contributed by atoms with Crippen LogP contribution in [0.5, 0.6) is 0 Å². The van der Waals surface area contributed by atoms with Gasteiger partial charge in [0, 0.05) is 13.6 Å². The summed E-state index contributed by atoms with van der Waals surface area (Å²) in [7, 11) is -2.30. The van der Waals surface area contributed by atoms with Crippen LogP contribution in [0.15, 0.2) is 0 Å². The number of carboxylic acids is 1. The molecule has 0 fully saturated rings. The zero-order valence-electron chi connectivity index (χ0n) is 8.65. The SMILES string of the molecule is CC#CCNS(=O)(=O)N(C)CCC(=O)O. The third-order valence-electron chi connectivity index (χ3n) is 1.57. The second-order valence-corrected chi connectivity index (χ2v) is 4.58. The molecule has 86 valence electrons. The van der Waals surface area contributed by atoms with E-state index in [-0.39, 0.29) is 19.5 Å². The lowest BCUT2D eigenvalue weighted by Crippen LogP contribution is -2.39. The summed E-state index contributed by atoms with van der Waals surface area (Å²) in [5.74, 6) is 4.04. The number of carboxylic acid groups (broad SMARTS) is 1. The van der Waals surface area contributed by atoms with Gasteiger partial charge in [0.05, 0.1) is 13.0 Å². The first-order valence-corrected chi connectivity index (χ1v) is 5.66. The van der Waals surface area contributed by atoms with E-state index in [9.17, 15) is 13.2 Å². The molecule has 7 heteroatoms. The topological polar surface area (TPSA) is 86.7 Å². The smallest absolute Gasteiger partial charge is 0.304 e. The lowest BCUT2D eigenvalue weighted by molar-refractivity contribution is -0.137. The fraction of sp³-hybridized carbons (Fsp3) is 0.625. The summed E-state index contributed by atoms with van der Waals surface area (Å²) in [6, 6.07) is 0. The number of carbonyl (C=O) groups is 1. The van der Waals surface area contributed by atoms with Gasteiger partial charge in [-0.25, -0.2) is 0 Å². The summed E-state index contributed by atoms with van der Waals surface area (Å²) in [6.45, 7) is 1.56. The first-order valence-electron chi connectivity index (χ1n) is 4.22. The molecule has 0 saturated carbocycles.